The average molecular weight is 433 g/mol. The lowest BCUT2D eigenvalue weighted by atomic mass is 9.77. The van der Waals surface area contributed by atoms with Crippen LogP contribution in [0.4, 0.5) is 0 Å². The Kier molecular flexibility index (Phi) is 5.15. The van der Waals surface area contributed by atoms with Crippen molar-refractivity contribution in [2.24, 2.45) is 0 Å². The molecule has 1 aliphatic rings. The summed E-state index contributed by atoms with van der Waals surface area (Å²) >= 11 is 1.54. The molecule has 0 spiro atoms. The molecule has 1 saturated heterocycles. The number of nitrogens with one attached hydrogen (secondary N) is 2. The average Bonchev–Trinajstić information content (AvgIpc) is 3.43. The Hall–Kier alpha value is -3.44. The van der Waals surface area contributed by atoms with E-state index in [9.17, 15) is 10.1 Å². The lowest BCUT2D eigenvalue weighted by molar-refractivity contribution is -0.131. The topological polar surface area (TPSA) is 97.8 Å². The molecule has 3 aromatic rings. The minimum absolute atomic E-state index is 0.0708. The predicted octanol–water partition coefficient (Wildman–Crippen LogP) is 4.06. The van der Waals surface area contributed by atoms with Gasteiger partial charge >= 0.3 is 0 Å². The normalized spacial score (nSPS) is 21.3. The number of rotatable bonds is 4. The van der Waals surface area contributed by atoms with Gasteiger partial charge in [-0.05, 0) is 55.5 Å². The first kappa shape index (κ1) is 20.8. The SMILES string of the molecule is CC(C)n1cc([C@H]2C(=O)N(C)C(=N)N[C@]2(C)c2cc(-c3cccc(C#N)c3)cs2)cn1. The van der Waals surface area contributed by atoms with Crippen molar-refractivity contribution in [2.75, 3.05) is 7.05 Å². The van der Waals surface area contributed by atoms with Gasteiger partial charge in [0.25, 0.3) is 0 Å². The van der Waals surface area contributed by atoms with E-state index in [-0.39, 0.29) is 17.9 Å². The maximum absolute atomic E-state index is 13.3. The molecule has 0 saturated carbocycles. The number of carbonyl (C=O) groups is 1. The third-order valence-electron chi connectivity index (χ3n) is 5.79. The molecular formula is C23H24N6OS. The number of amides is 1. The zero-order valence-corrected chi connectivity index (χ0v) is 18.7. The lowest BCUT2D eigenvalue weighted by Crippen LogP contribution is -2.62. The number of carbonyl (C=O) groups excluding carboxylic acids is 1. The number of guanidine groups is 1. The van der Waals surface area contributed by atoms with Crippen LogP contribution in [0.2, 0.25) is 0 Å². The number of nitriles is 1. The summed E-state index contributed by atoms with van der Waals surface area (Å²) in [6.45, 7) is 6.05. The number of nitrogens with zero attached hydrogens (tertiary/aromatic N) is 4. The Morgan fingerprint density at radius 3 is 2.77 bits per heavy atom. The molecule has 8 heteroatoms. The molecule has 7 nitrogen and oxygen atoms in total. The summed E-state index contributed by atoms with van der Waals surface area (Å²) in [5.74, 6) is -0.603. The predicted molar refractivity (Wildman–Crippen MR) is 121 cm³/mol. The van der Waals surface area contributed by atoms with Crippen molar-refractivity contribution in [2.45, 2.75) is 38.3 Å². The first-order valence-corrected chi connectivity index (χ1v) is 10.9. The van der Waals surface area contributed by atoms with Gasteiger partial charge in [-0.1, -0.05) is 12.1 Å². The molecule has 31 heavy (non-hydrogen) atoms. The zero-order chi connectivity index (χ0) is 22.3. The minimum atomic E-state index is -0.804. The molecule has 1 amide bonds. The van der Waals surface area contributed by atoms with Crippen LogP contribution >= 0.6 is 11.3 Å². The molecule has 0 bridgehead atoms. The molecule has 1 aromatic carbocycles. The van der Waals surface area contributed by atoms with Crippen LogP contribution in [0.1, 0.15) is 48.7 Å². The monoisotopic (exact) mass is 432 g/mol. The van der Waals surface area contributed by atoms with E-state index in [1.54, 1.807) is 30.6 Å². The fraction of sp³-hybridized carbons (Fsp3) is 0.304. The van der Waals surface area contributed by atoms with E-state index >= 15 is 0 Å². The Labute approximate surface area is 185 Å². The van der Waals surface area contributed by atoms with Gasteiger partial charge in [0.05, 0.1) is 29.3 Å². The van der Waals surface area contributed by atoms with Crippen molar-refractivity contribution in [3.05, 3.63) is 64.1 Å². The summed E-state index contributed by atoms with van der Waals surface area (Å²) in [6.07, 6.45) is 3.66. The highest BCUT2D eigenvalue weighted by Crippen LogP contribution is 2.44. The van der Waals surface area contributed by atoms with Crippen molar-refractivity contribution in [3.8, 4) is 17.2 Å². The highest BCUT2D eigenvalue weighted by atomic mass is 32.1. The van der Waals surface area contributed by atoms with Crippen LogP contribution in [0, 0.1) is 16.7 Å². The number of benzene rings is 1. The second-order valence-electron chi connectivity index (χ2n) is 8.25. The smallest absolute Gasteiger partial charge is 0.239 e. The molecule has 1 aliphatic heterocycles. The van der Waals surface area contributed by atoms with Crippen LogP contribution in [0.3, 0.4) is 0 Å². The molecule has 0 unspecified atom stereocenters. The molecule has 0 aliphatic carbocycles. The highest BCUT2D eigenvalue weighted by molar-refractivity contribution is 7.10. The number of hydrogen-bond acceptors (Lipinski definition) is 5. The number of hydrogen-bond donors (Lipinski definition) is 2. The van der Waals surface area contributed by atoms with Gasteiger partial charge in [0.1, 0.15) is 0 Å². The van der Waals surface area contributed by atoms with Gasteiger partial charge in [-0.2, -0.15) is 10.4 Å². The van der Waals surface area contributed by atoms with E-state index in [1.165, 1.54) is 4.90 Å². The maximum atomic E-state index is 13.3. The molecule has 4 rings (SSSR count). The molecule has 1 fully saturated rings. The maximum Gasteiger partial charge on any atom is 0.239 e. The van der Waals surface area contributed by atoms with Gasteiger partial charge in [-0.25, -0.2) is 0 Å². The van der Waals surface area contributed by atoms with Crippen molar-refractivity contribution < 1.29 is 4.79 Å². The van der Waals surface area contributed by atoms with E-state index in [0.29, 0.717) is 5.56 Å². The first-order valence-electron chi connectivity index (χ1n) is 10.0. The van der Waals surface area contributed by atoms with Crippen LogP contribution < -0.4 is 5.32 Å². The van der Waals surface area contributed by atoms with Crippen molar-refractivity contribution in [1.29, 1.82) is 10.7 Å². The molecule has 158 valence electrons. The molecule has 2 N–H and O–H groups in total. The van der Waals surface area contributed by atoms with Gasteiger partial charge in [0.15, 0.2) is 5.96 Å². The van der Waals surface area contributed by atoms with Crippen molar-refractivity contribution in [1.82, 2.24) is 20.0 Å². The van der Waals surface area contributed by atoms with E-state index in [0.717, 1.165) is 21.6 Å². The summed E-state index contributed by atoms with van der Waals surface area (Å²) in [4.78, 5) is 15.6. The van der Waals surface area contributed by atoms with Gasteiger partial charge < -0.3 is 5.32 Å². The number of likely N-dealkylation sites (N-methyl/N-ethyl adjacent to an activating group) is 1. The summed E-state index contributed by atoms with van der Waals surface area (Å²) in [6, 6.07) is 11.9. The second kappa shape index (κ2) is 7.67. The fourth-order valence-corrected chi connectivity index (χ4v) is 5.01. The molecule has 0 radical (unpaired) electrons. The van der Waals surface area contributed by atoms with Crippen LogP contribution in [-0.2, 0) is 10.3 Å². The summed E-state index contributed by atoms with van der Waals surface area (Å²) in [5.41, 5.74) is 2.54. The van der Waals surface area contributed by atoms with Gasteiger partial charge in [-0.15, -0.1) is 11.3 Å². The molecular weight excluding hydrogens is 408 g/mol. The van der Waals surface area contributed by atoms with E-state index < -0.39 is 11.5 Å². The van der Waals surface area contributed by atoms with Crippen molar-refractivity contribution in [3.63, 3.8) is 0 Å². The first-order chi connectivity index (χ1) is 14.7. The number of thiophene rings is 1. The van der Waals surface area contributed by atoms with E-state index in [2.05, 4.69) is 16.5 Å². The quantitative estimate of drug-likeness (QED) is 0.650. The Balaban J connectivity index is 1.79. The Morgan fingerprint density at radius 1 is 1.32 bits per heavy atom. The Bertz CT molecular complexity index is 1200. The summed E-state index contributed by atoms with van der Waals surface area (Å²) < 4.78 is 1.84. The third-order valence-corrected chi connectivity index (χ3v) is 6.96. The fourth-order valence-electron chi connectivity index (χ4n) is 3.95. The minimum Gasteiger partial charge on any atom is -0.345 e. The standard InChI is InChI=1S/C23H24N6OS/c1-14(2)29-12-18(11-26-29)20-21(30)28(4)22(25)27-23(20,3)19-9-17(13-31-19)16-7-5-6-15(8-16)10-24/h5-9,11-14,20H,1-4H3,(H2,25,27)/t20-,23+/m0/s1. The Morgan fingerprint density at radius 2 is 2.10 bits per heavy atom. The van der Waals surface area contributed by atoms with E-state index in [4.69, 9.17) is 5.41 Å². The van der Waals surface area contributed by atoms with Crippen LogP contribution in [0.15, 0.2) is 48.1 Å². The number of aromatic nitrogens is 2. The third kappa shape index (κ3) is 3.51. The lowest BCUT2D eigenvalue weighted by Gasteiger charge is -2.44. The zero-order valence-electron chi connectivity index (χ0n) is 17.9. The van der Waals surface area contributed by atoms with Gasteiger partial charge in [0, 0.05) is 29.7 Å². The molecule has 2 aromatic heterocycles. The summed E-state index contributed by atoms with van der Waals surface area (Å²) in [5, 5.41) is 27.3. The van der Waals surface area contributed by atoms with Crippen molar-refractivity contribution >= 4 is 23.2 Å². The van der Waals surface area contributed by atoms with E-state index in [1.807, 2.05) is 61.3 Å². The van der Waals surface area contributed by atoms with Gasteiger partial charge in [0.2, 0.25) is 5.91 Å². The summed E-state index contributed by atoms with van der Waals surface area (Å²) in [7, 11) is 1.62. The highest BCUT2D eigenvalue weighted by Gasteiger charge is 2.49. The molecule has 2 atom stereocenters. The van der Waals surface area contributed by atoms with Crippen LogP contribution in [0.5, 0.6) is 0 Å². The van der Waals surface area contributed by atoms with Gasteiger partial charge in [-0.3, -0.25) is 19.8 Å². The molecule has 3 heterocycles. The largest absolute Gasteiger partial charge is 0.345 e. The van der Waals surface area contributed by atoms with Crippen LogP contribution in [-0.4, -0.2) is 33.6 Å². The second-order valence-corrected chi connectivity index (χ2v) is 9.16. The van der Waals surface area contributed by atoms with Crippen LogP contribution in [0.25, 0.3) is 11.1 Å².